The standard InChI is InChI=1S/C22H24FN3O3/c1-14-25-17-10-19-20(29-9-8-28-19)11-18(17)26(14)12-21(27)24-13-22(2,3)15-4-6-16(23)7-5-15/h4-7,10-11H,8-9,12-13H2,1-3H3,(H,24,27). The summed E-state index contributed by atoms with van der Waals surface area (Å²) in [5.74, 6) is 1.71. The highest BCUT2D eigenvalue weighted by Crippen LogP contribution is 2.34. The summed E-state index contributed by atoms with van der Waals surface area (Å²) in [6, 6.07) is 10.1. The van der Waals surface area contributed by atoms with Crippen molar-refractivity contribution in [3.63, 3.8) is 0 Å². The van der Waals surface area contributed by atoms with Gasteiger partial charge >= 0.3 is 0 Å². The van der Waals surface area contributed by atoms with Gasteiger partial charge < -0.3 is 19.4 Å². The third-order valence-electron chi connectivity index (χ3n) is 5.26. The molecule has 4 rings (SSSR count). The Bertz CT molecular complexity index is 1060. The van der Waals surface area contributed by atoms with Crippen LogP contribution in [-0.2, 0) is 16.8 Å². The summed E-state index contributed by atoms with van der Waals surface area (Å²) in [5, 5.41) is 2.99. The first-order valence-corrected chi connectivity index (χ1v) is 9.63. The van der Waals surface area contributed by atoms with Gasteiger partial charge in [0.05, 0.1) is 11.0 Å². The minimum atomic E-state index is -0.320. The largest absolute Gasteiger partial charge is 0.486 e. The molecule has 1 aromatic heterocycles. The van der Waals surface area contributed by atoms with Gasteiger partial charge in [-0.15, -0.1) is 0 Å². The molecule has 0 aliphatic carbocycles. The zero-order chi connectivity index (χ0) is 20.6. The van der Waals surface area contributed by atoms with Crippen molar-refractivity contribution in [2.45, 2.75) is 32.7 Å². The van der Waals surface area contributed by atoms with Gasteiger partial charge in [-0.1, -0.05) is 26.0 Å². The lowest BCUT2D eigenvalue weighted by molar-refractivity contribution is -0.121. The third kappa shape index (κ3) is 3.90. The predicted octanol–water partition coefficient (Wildman–Crippen LogP) is 3.35. The summed E-state index contributed by atoms with van der Waals surface area (Å²) >= 11 is 0. The molecule has 1 amide bonds. The number of hydrogen-bond donors (Lipinski definition) is 1. The lowest BCUT2D eigenvalue weighted by atomic mass is 9.84. The summed E-state index contributed by atoms with van der Waals surface area (Å²) < 4.78 is 26.3. The summed E-state index contributed by atoms with van der Waals surface area (Å²) in [6.45, 7) is 7.52. The van der Waals surface area contributed by atoms with Crippen LogP contribution < -0.4 is 14.8 Å². The van der Waals surface area contributed by atoms with Crippen molar-refractivity contribution >= 4 is 16.9 Å². The van der Waals surface area contributed by atoms with Gasteiger partial charge in [0, 0.05) is 24.1 Å². The zero-order valence-electron chi connectivity index (χ0n) is 16.8. The molecule has 0 unspecified atom stereocenters. The van der Waals surface area contributed by atoms with Crippen molar-refractivity contribution in [2.24, 2.45) is 0 Å². The first kappa shape index (κ1) is 19.2. The Hall–Kier alpha value is -3.09. The predicted molar refractivity (Wildman–Crippen MR) is 108 cm³/mol. The van der Waals surface area contributed by atoms with Crippen LogP contribution in [0, 0.1) is 12.7 Å². The summed E-state index contributed by atoms with van der Waals surface area (Å²) in [5.41, 5.74) is 2.25. The van der Waals surface area contributed by atoms with E-state index in [4.69, 9.17) is 9.47 Å². The van der Waals surface area contributed by atoms with Gasteiger partial charge in [-0.05, 0) is 24.6 Å². The second-order valence-corrected chi connectivity index (χ2v) is 7.90. The van der Waals surface area contributed by atoms with Crippen molar-refractivity contribution in [1.29, 1.82) is 0 Å². The third-order valence-corrected chi connectivity index (χ3v) is 5.26. The van der Waals surface area contributed by atoms with Crippen molar-refractivity contribution in [2.75, 3.05) is 19.8 Å². The van der Waals surface area contributed by atoms with Crippen LogP contribution in [-0.4, -0.2) is 35.2 Å². The van der Waals surface area contributed by atoms with E-state index >= 15 is 0 Å². The van der Waals surface area contributed by atoms with Crippen LogP contribution in [0.3, 0.4) is 0 Å². The number of benzene rings is 2. The minimum absolute atomic E-state index is 0.113. The van der Waals surface area contributed by atoms with Gasteiger partial charge in [0.25, 0.3) is 0 Å². The number of imidazole rings is 1. The molecule has 0 radical (unpaired) electrons. The summed E-state index contributed by atoms with van der Waals surface area (Å²) in [4.78, 5) is 17.2. The summed E-state index contributed by atoms with van der Waals surface area (Å²) in [7, 11) is 0. The van der Waals surface area contributed by atoms with Crippen LogP contribution >= 0.6 is 0 Å². The van der Waals surface area contributed by atoms with Crippen LogP contribution in [0.1, 0.15) is 25.2 Å². The number of hydrogen-bond acceptors (Lipinski definition) is 4. The fourth-order valence-electron chi connectivity index (χ4n) is 3.50. The molecule has 0 saturated carbocycles. The van der Waals surface area contributed by atoms with E-state index < -0.39 is 0 Å². The van der Waals surface area contributed by atoms with Crippen molar-refractivity contribution in [1.82, 2.24) is 14.9 Å². The van der Waals surface area contributed by atoms with Crippen LogP contribution in [0.4, 0.5) is 4.39 Å². The van der Waals surface area contributed by atoms with Crippen LogP contribution in [0.15, 0.2) is 36.4 Å². The Morgan fingerprint density at radius 3 is 2.52 bits per heavy atom. The molecular formula is C22H24FN3O3. The number of aryl methyl sites for hydroxylation is 1. The van der Waals surface area contributed by atoms with Gasteiger partial charge in [0.15, 0.2) is 11.5 Å². The number of ether oxygens (including phenoxy) is 2. The molecule has 0 saturated heterocycles. The Labute approximate surface area is 168 Å². The molecule has 0 spiro atoms. The number of aromatic nitrogens is 2. The molecule has 29 heavy (non-hydrogen) atoms. The van der Waals surface area contributed by atoms with E-state index in [9.17, 15) is 9.18 Å². The Kier molecular flexibility index (Phi) is 4.90. The molecule has 0 fully saturated rings. The topological polar surface area (TPSA) is 65.4 Å². The normalized spacial score (nSPS) is 13.5. The molecular weight excluding hydrogens is 373 g/mol. The highest BCUT2D eigenvalue weighted by molar-refractivity contribution is 5.83. The smallest absolute Gasteiger partial charge is 0.240 e. The maximum atomic E-state index is 13.2. The first-order chi connectivity index (χ1) is 13.8. The number of amides is 1. The Balaban J connectivity index is 1.49. The van der Waals surface area contributed by atoms with Gasteiger partial charge in [-0.3, -0.25) is 4.79 Å². The number of carbonyl (C=O) groups is 1. The molecule has 1 aliphatic rings. The van der Waals surface area contributed by atoms with Crippen LogP contribution in [0.25, 0.3) is 11.0 Å². The average Bonchev–Trinajstić information content (AvgIpc) is 2.99. The average molecular weight is 397 g/mol. The van der Waals surface area contributed by atoms with E-state index in [1.54, 1.807) is 12.1 Å². The molecule has 3 aromatic rings. The van der Waals surface area contributed by atoms with Crippen LogP contribution in [0.5, 0.6) is 11.5 Å². The molecule has 1 N–H and O–H groups in total. The van der Waals surface area contributed by atoms with Gasteiger partial charge in [0.2, 0.25) is 5.91 Å². The molecule has 0 atom stereocenters. The molecule has 1 aliphatic heterocycles. The van der Waals surface area contributed by atoms with Crippen LogP contribution in [0.2, 0.25) is 0 Å². The van der Waals surface area contributed by atoms with E-state index in [0.717, 1.165) is 22.4 Å². The van der Waals surface area contributed by atoms with Crippen molar-refractivity contribution in [3.8, 4) is 11.5 Å². The highest BCUT2D eigenvalue weighted by atomic mass is 19.1. The monoisotopic (exact) mass is 397 g/mol. The minimum Gasteiger partial charge on any atom is -0.486 e. The molecule has 2 aromatic carbocycles. The molecule has 0 bridgehead atoms. The summed E-state index contributed by atoms with van der Waals surface area (Å²) in [6.07, 6.45) is 0. The zero-order valence-corrected chi connectivity index (χ0v) is 16.8. The number of fused-ring (bicyclic) bond motifs is 2. The quantitative estimate of drug-likeness (QED) is 0.717. The van der Waals surface area contributed by atoms with Gasteiger partial charge in [0.1, 0.15) is 31.4 Å². The second kappa shape index (κ2) is 7.39. The number of halogens is 1. The van der Waals surface area contributed by atoms with E-state index in [1.807, 2.05) is 37.5 Å². The maximum Gasteiger partial charge on any atom is 0.240 e. The Morgan fingerprint density at radius 2 is 1.83 bits per heavy atom. The second-order valence-electron chi connectivity index (χ2n) is 7.90. The SMILES string of the molecule is Cc1nc2cc3c(cc2n1CC(=O)NCC(C)(C)c1ccc(F)cc1)OCCO3. The van der Waals surface area contributed by atoms with E-state index in [2.05, 4.69) is 10.3 Å². The fourth-order valence-corrected chi connectivity index (χ4v) is 3.50. The highest BCUT2D eigenvalue weighted by Gasteiger charge is 2.22. The van der Waals surface area contributed by atoms with Gasteiger partial charge in [-0.25, -0.2) is 9.37 Å². The van der Waals surface area contributed by atoms with Gasteiger partial charge in [-0.2, -0.15) is 0 Å². The molecule has 152 valence electrons. The van der Waals surface area contributed by atoms with Crippen molar-refractivity contribution < 1.29 is 18.7 Å². The van der Waals surface area contributed by atoms with E-state index in [0.29, 0.717) is 31.3 Å². The van der Waals surface area contributed by atoms with Crippen molar-refractivity contribution in [3.05, 3.63) is 53.6 Å². The van der Waals surface area contributed by atoms with E-state index in [1.165, 1.54) is 12.1 Å². The lowest BCUT2D eigenvalue weighted by Gasteiger charge is -2.26. The number of nitrogens with zero attached hydrogens (tertiary/aromatic N) is 2. The number of nitrogens with one attached hydrogen (secondary N) is 1. The lowest BCUT2D eigenvalue weighted by Crippen LogP contribution is -2.38. The molecule has 2 heterocycles. The first-order valence-electron chi connectivity index (χ1n) is 9.63. The molecule has 7 heteroatoms. The molecule has 6 nitrogen and oxygen atoms in total. The number of rotatable bonds is 5. The Morgan fingerprint density at radius 1 is 1.17 bits per heavy atom. The maximum absolute atomic E-state index is 13.2. The fraction of sp³-hybridized carbons (Fsp3) is 0.364. The number of carbonyl (C=O) groups excluding carboxylic acids is 1. The van der Waals surface area contributed by atoms with E-state index in [-0.39, 0.29) is 23.7 Å².